The molecule has 0 radical (unpaired) electrons. The summed E-state index contributed by atoms with van der Waals surface area (Å²) >= 11 is 0. The van der Waals surface area contributed by atoms with E-state index in [1.807, 2.05) is 0 Å². The maximum atomic E-state index is 13.0. The zero-order valence-electron chi connectivity index (χ0n) is 41.5. The lowest BCUT2D eigenvalue weighted by Crippen LogP contribution is -2.27. The molecule has 0 aliphatic rings. The lowest BCUT2D eigenvalue weighted by Gasteiger charge is -2.20. The van der Waals surface area contributed by atoms with Crippen molar-refractivity contribution in [3.8, 4) is 5.75 Å². The first-order chi connectivity index (χ1) is 32.1. The fourth-order valence-corrected chi connectivity index (χ4v) is 7.30. The number of esters is 3. The third kappa shape index (κ3) is 35.4. The second-order valence-corrected chi connectivity index (χ2v) is 17.6. The van der Waals surface area contributed by atoms with Crippen LogP contribution in [-0.2, 0) is 42.8 Å². The molecule has 1 aromatic carbocycles. The van der Waals surface area contributed by atoms with E-state index in [0.29, 0.717) is 38.9 Å². The number of nitrogens with zero attached hydrogens (tertiary/aromatic N) is 1. The topological polar surface area (TPSA) is 176 Å². The molecule has 0 saturated heterocycles. The molecule has 1 atom stereocenters. The highest BCUT2D eigenvalue weighted by Gasteiger charge is 2.21. The molecule has 0 aromatic heterocycles. The van der Waals surface area contributed by atoms with E-state index in [-0.39, 0.29) is 56.2 Å². The van der Waals surface area contributed by atoms with E-state index in [0.717, 1.165) is 77.0 Å². The number of nitro benzene ring substituents is 1. The number of unbranched alkanes of at least 4 members (excludes halogenated alkanes) is 19. The van der Waals surface area contributed by atoms with Gasteiger partial charge in [0.1, 0.15) is 31.7 Å². The lowest BCUT2D eigenvalue weighted by molar-refractivity contribution is -0.384. The molecule has 0 heterocycles. The van der Waals surface area contributed by atoms with E-state index in [2.05, 4.69) is 27.7 Å². The fraction of sp³-hybridized carbons (Fsp3) is 0.808. The standard InChI is InChI=1S/C52H89NO13/c1-5-9-13-17-21-27-39-60-51(61-40-28-22-18-14-10-6-2)38-37-49(55)63-42-44(43-64-52(57)66-47-35-33-45(34-36-47)53(58)59)41-62-48(54)31-25-19-20-26-32-50(56)65-46(29-23-15-11-7-3)30-24-16-12-8-4/h33-36,44,46,51H,5-32,37-43H2,1-4H3. The number of nitro groups is 1. The maximum absolute atomic E-state index is 13.0. The van der Waals surface area contributed by atoms with Crippen LogP contribution in [0.2, 0.25) is 0 Å². The molecule has 1 unspecified atom stereocenters. The second-order valence-electron chi connectivity index (χ2n) is 17.6. The number of hydrogen-bond donors (Lipinski definition) is 0. The van der Waals surface area contributed by atoms with Gasteiger partial charge in [-0.1, -0.05) is 143 Å². The zero-order chi connectivity index (χ0) is 48.3. The van der Waals surface area contributed by atoms with E-state index >= 15 is 0 Å². The van der Waals surface area contributed by atoms with Crippen molar-refractivity contribution in [3.63, 3.8) is 0 Å². The summed E-state index contributed by atoms with van der Waals surface area (Å²) in [5.41, 5.74) is -0.163. The van der Waals surface area contributed by atoms with Crippen LogP contribution in [0.4, 0.5) is 10.5 Å². The molecule has 0 N–H and O–H groups in total. The van der Waals surface area contributed by atoms with Crippen molar-refractivity contribution >= 4 is 29.8 Å². The van der Waals surface area contributed by atoms with Crippen molar-refractivity contribution in [2.75, 3.05) is 33.0 Å². The van der Waals surface area contributed by atoms with Gasteiger partial charge in [0, 0.05) is 44.6 Å². The summed E-state index contributed by atoms with van der Waals surface area (Å²) in [4.78, 5) is 61.4. The normalized spacial score (nSPS) is 11.7. The van der Waals surface area contributed by atoms with E-state index in [1.54, 1.807) is 0 Å². The first-order valence-corrected chi connectivity index (χ1v) is 25.9. The summed E-state index contributed by atoms with van der Waals surface area (Å²) in [6.45, 7) is 9.23. The Labute approximate surface area is 397 Å². The first kappa shape index (κ1) is 60.2. The molecular formula is C52H89NO13. The number of ether oxygens (including phenoxy) is 7. The van der Waals surface area contributed by atoms with Gasteiger partial charge in [0.15, 0.2) is 6.29 Å². The molecule has 0 bridgehead atoms. The third-order valence-corrected chi connectivity index (χ3v) is 11.4. The molecule has 0 aliphatic heterocycles. The highest BCUT2D eigenvalue weighted by Crippen LogP contribution is 2.20. The maximum Gasteiger partial charge on any atom is 0.513 e. The van der Waals surface area contributed by atoms with E-state index < -0.39 is 35.2 Å². The van der Waals surface area contributed by atoms with Crippen LogP contribution in [-0.4, -0.2) is 74.4 Å². The first-order valence-electron chi connectivity index (χ1n) is 25.9. The Balaban J connectivity index is 2.67. The second kappa shape index (κ2) is 42.6. The Morgan fingerprint density at radius 2 is 0.924 bits per heavy atom. The lowest BCUT2D eigenvalue weighted by atomic mass is 10.0. The van der Waals surface area contributed by atoms with Crippen LogP contribution >= 0.6 is 0 Å². The van der Waals surface area contributed by atoms with Gasteiger partial charge < -0.3 is 33.2 Å². The average molecular weight is 936 g/mol. The van der Waals surface area contributed by atoms with E-state index in [1.165, 1.54) is 101 Å². The van der Waals surface area contributed by atoms with Crippen LogP contribution in [0.1, 0.15) is 220 Å². The zero-order valence-corrected chi connectivity index (χ0v) is 41.5. The minimum atomic E-state index is -1.07. The van der Waals surface area contributed by atoms with Gasteiger partial charge in [0.05, 0.1) is 17.3 Å². The number of rotatable bonds is 45. The molecule has 1 rings (SSSR count). The van der Waals surface area contributed by atoms with Gasteiger partial charge in [0.25, 0.3) is 5.69 Å². The van der Waals surface area contributed by atoms with Crippen LogP contribution < -0.4 is 4.74 Å². The molecule has 0 aliphatic carbocycles. The van der Waals surface area contributed by atoms with Crippen LogP contribution in [0.3, 0.4) is 0 Å². The smallest absolute Gasteiger partial charge is 0.465 e. The molecule has 380 valence electrons. The number of non-ortho nitro benzene ring substituents is 1. The Morgan fingerprint density at radius 1 is 0.500 bits per heavy atom. The monoisotopic (exact) mass is 936 g/mol. The van der Waals surface area contributed by atoms with Gasteiger partial charge in [-0.25, -0.2) is 4.79 Å². The molecule has 0 fully saturated rings. The van der Waals surface area contributed by atoms with Crippen LogP contribution in [0, 0.1) is 16.0 Å². The number of hydrogen-bond acceptors (Lipinski definition) is 13. The number of benzene rings is 1. The Morgan fingerprint density at radius 3 is 1.42 bits per heavy atom. The van der Waals surface area contributed by atoms with Gasteiger partial charge in [0.2, 0.25) is 0 Å². The number of carbonyl (C=O) groups is 4. The van der Waals surface area contributed by atoms with Crippen molar-refractivity contribution in [3.05, 3.63) is 34.4 Å². The SMILES string of the molecule is CCCCCCCCOC(CCC(=O)OCC(COC(=O)CCCCCCC(=O)OC(CCCCCC)CCCCCC)COC(=O)Oc1ccc([N+](=O)[O-])cc1)OCCCCCCCC. The molecule has 66 heavy (non-hydrogen) atoms. The van der Waals surface area contributed by atoms with Crippen molar-refractivity contribution in [1.82, 2.24) is 0 Å². The number of carbonyl (C=O) groups excluding carboxylic acids is 4. The predicted molar refractivity (Wildman–Crippen MR) is 257 cm³/mol. The van der Waals surface area contributed by atoms with Gasteiger partial charge in [-0.05, 0) is 63.5 Å². The molecular weight excluding hydrogens is 847 g/mol. The van der Waals surface area contributed by atoms with Crippen molar-refractivity contribution in [1.29, 1.82) is 0 Å². The largest absolute Gasteiger partial charge is 0.513 e. The van der Waals surface area contributed by atoms with Gasteiger partial charge in [-0.2, -0.15) is 0 Å². The van der Waals surface area contributed by atoms with Crippen molar-refractivity contribution in [2.24, 2.45) is 5.92 Å². The highest BCUT2D eigenvalue weighted by atomic mass is 16.7. The molecule has 0 amide bonds. The Kier molecular flexibility index (Phi) is 38.8. The molecule has 1 aromatic rings. The van der Waals surface area contributed by atoms with Crippen LogP contribution in [0.5, 0.6) is 5.75 Å². The summed E-state index contributed by atoms with van der Waals surface area (Å²) in [5, 5.41) is 11.0. The summed E-state index contributed by atoms with van der Waals surface area (Å²) < 4.78 is 39.6. The van der Waals surface area contributed by atoms with E-state index in [9.17, 15) is 29.3 Å². The third-order valence-electron chi connectivity index (χ3n) is 11.4. The Bertz CT molecular complexity index is 1340. The van der Waals surface area contributed by atoms with Gasteiger partial charge in [-0.15, -0.1) is 0 Å². The van der Waals surface area contributed by atoms with Crippen molar-refractivity contribution < 1.29 is 57.3 Å². The molecule has 0 spiro atoms. The minimum Gasteiger partial charge on any atom is -0.465 e. The van der Waals surface area contributed by atoms with Gasteiger partial charge in [-0.3, -0.25) is 24.5 Å². The minimum absolute atomic E-state index is 0.00920. The summed E-state index contributed by atoms with van der Waals surface area (Å²) in [5.74, 6) is -1.73. The fourth-order valence-electron chi connectivity index (χ4n) is 7.30. The summed E-state index contributed by atoms with van der Waals surface area (Å²) in [6, 6.07) is 4.95. The van der Waals surface area contributed by atoms with Crippen LogP contribution in [0.15, 0.2) is 24.3 Å². The van der Waals surface area contributed by atoms with E-state index in [4.69, 9.17) is 33.2 Å². The van der Waals surface area contributed by atoms with Crippen LogP contribution in [0.25, 0.3) is 0 Å². The molecule has 0 saturated carbocycles. The van der Waals surface area contributed by atoms with Gasteiger partial charge >= 0.3 is 24.1 Å². The highest BCUT2D eigenvalue weighted by molar-refractivity contribution is 5.70. The molecule has 14 heteroatoms. The summed E-state index contributed by atoms with van der Waals surface area (Å²) in [7, 11) is 0. The molecule has 14 nitrogen and oxygen atoms in total. The Hall–Kier alpha value is -3.78. The summed E-state index contributed by atoms with van der Waals surface area (Å²) in [6.07, 6.45) is 26.7. The van der Waals surface area contributed by atoms with Crippen molar-refractivity contribution in [2.45, 2.75) is 233 Å². The average Bonchev–Trinajstić information content (AvgIpc) is 3.30. The quantitative estimate of drug-likeness (QED) is 0.0115. The predicted octanol–water partition coefficient (Wildman–Crippen LogP) is 13.9.